The molecule has 1 aromatic heterocycles. The molecule has 3 rings (SSSR count). The van der Waals surface area contributed by atoms with Crippen molar-refractivity contribution in [2.75, 3.05) is 0 Å². The number of nitrogens with zero attached hydrogens (tertiary/aromatic N) is 2. The number of β-lactam (4-membered cyclic amide) rings is 1. The summed E-state index contributed by atoms with van der Waals surface area (Å²) in [5.41, 5.74) is 0.232. The van der Waals surface area contributed by atoms with E-state index in [0.717, 1.165) is 9.37 Å². The van der Waals surface area contributed by atoms with Crippen LogP contribution >= 0.6 is 27.5 Å². The Labute approximate surface area is 146 Å². The maximum Gasteiger partial charge on any atom is 0.414 e. The molecule has 1 aliphatic heterocycles. The summed E-state index contributed by atoms with van der Waals surface area (Å²) in [7, 11) is 0. The molecule has 2 amide bonds. The highest BCUT2D eigenvalue weighted by Crippen LogP contribution is 2.51. The van der Waals surface area contributed by atoms with Crippen molar-refractivity contribution in [2.45, 2.75) is 18.4 Å². The second-order valence-electron chi connectivity index (χ2n) is 5.47. The van der Waals surface area contributed by atoms with Gasteiger partial charge in [0.2, 0.25) is 5.91 Å². The van der Waals surface area contributed by atoms with Crippen LogP contribution in [0.15, 0.2) is 47.1 Å². The third kappa shape index (κ3) is 2.42. The molecule has 0 saturated carbocycles. The lowest BCUT2D eigenvalue weighted by Crippen LogP contribution is -2.66. The molecule has 0 unspecified atom stereocenters. The third-order valence-electron chi connectivity index (χ3n) is 4.15. The second-order valence-corrected chi connectivity index (χ2v) is 6.82. The SMILES string of the molecule is C[C@@]1(c2ccc(Cl)cc2)C(=O)N(C(=O)O)[C@H]1c1ccc(Br)cn1. The molecule has 0 aliphatic carbocycles. The van der Waals surface area contributed by atoms with Crippen molar-refractivity contribution in [1.29, 1.82) is 0 Å². The molecule has 1 fully saturated rings. The summed E-state index contributed by atoms with van der Waals surface area (Å²) in [4.78, 5) is 29.1. The highest BCUT2D eigenvalue weighted by atomic mass is 79.9. The van der Waals surface area contributed by atoms with Crippen molar-refractivity contribution in [3.63, 3.8) is 0 Å². The molecule has 2 aromatic rings. The monoisotopic (exact) mass is 394 g/mol. The largest absolute Gasteiger partial charge is 0.465 e. The normalized spacial score (nSPS) is 23.5. The van der Waals surface area contributed by atoms with Gasteiger partial charge < -0.3 is 5.11 Å². The number of amides is 2. The quantitative estimate of drug-likeness (QED) is 0.780. The Morgan fingerprint density at radius 1 is 1.30 bits per heavy atom. The fraction of sp³-hybridized carbons (Fsp3) is 0.188. The number of carboxylic acid groups (broad SMARTS) is 1. The standard InChI is InChI=1S/C16H12BrClN2O3/c1-16(9-2-5-11(18)6-3-9)13(20(14(16)21)15(22)23)12-7-4-10(17)8-19-12/h2-8,13H,1H3,(H,22,23)/t13-,16-/m0/s1. The number of carbonyl (C=O) groups is 2. The van der Waals surface area contributed by atoms with Gasteiger partial charge in [0.05, 0.1) is 11.1 Å². The summed E-state index contributed by atoms with van der Waals surface area (Å²) in [6.07, 6.45) is 0.302. The fourth-order valence-corrected chi connectivity index (χ4v) is 3.29. The molecule has 1 saturated heterocycles. The van der Waals surface area contributed by atoms with Crippen molar-refractivity contribution in [3.8, 4) is 0 Å². The number of aromatic nitrogens is 1. The highest BCUT2D eigenvalue weighted by molar-refractivity contribution is 9.10. The molecule has 0 spiro atoms. The number of rotatable bonds is 2. The van der Waals surface area contributed by atoms with Gasteiger partial charge in [-0.25, -0.2) is 9.69 Å². The van der Waals surface area contributed by atoms with E-state index in [0.29, 0.717) is 16.3 Å². The summed E-state index contributed by atoms with van der Waals surface area (Å²) in [6, 6.07) is 9.66. The fourth-order valence-electron chi connectivity index (χ4n) is 2.93. The van der Waals surface area contributed by atoms with Crippen LogP contribution < -0.4 is 0 Å². The Morgan fingerprint density at radius 3 is 2.48 bits per heavy atom. The van der Waals surface area contributed by atoms with Gasteiger partial charge in [-0.05, 0) is 52.7 Å². The summed E-state index contributed by atoms with van der Waals surface area (Å²) >= 11 is 9.20. The van der Waals surface area contributed by atoms with Crippen molar-refractivity contribution in [3.05, 3.63) is 63.3 Å². The lowest BCUT2D eigenvalue weighted by Gasteiger charge is -2.51. The maximum absolute atomic E-state index is 12.5. The minimum Gasteiger partial charge on any atom is -0.465 e. The first-order valence-electron chi connectivity index (χ1n) is 6.80. The van der Waals surface area contributed by atoms with Crippen molar-refractivity contribution >= 4 is 39.5 Å². The molecule has 2 atom stereocenters. The third-order valence-corrected chi connectivity index (χ3v) is 4.87. The Balaban J connectivity index is 2.10. The summed E-state index contributed by atoms with van der Waals surface area (Å²) in [5.74, 6) is -0.470. The van der Waals surface area contributed by atoms with Crippen LogP contribution in [0.5, 0.6) is 0 Å². The average molecular weight is 396 g/mol. The number of imide groups is 1. The van der Waals surface area contributed by atoms with Gasteiger partial charge in [0.1, 0.15) is 6.04 Å². The summed E-state index contributed by atoms with van der Waals surface area (Å²) in [5, 5.41) is 9.91. The summed E-state index contributed by atoms with van der Waals surface area (Å²) < 4.78 is 0.780. The van der Waals surface area contributed by atoms with Gasteiger partial charge in [0.15, 0.2) is 0 Å². The van der Waals surface area contributed by atoms with E-state index in [1.54, 1.807) is 49.5 Å². The first kappa shape index (κ1) is 16.0. The van der Waals surface area contributed by atoms with Crippen LogP contribution in [0.4, 0.5) is 4.79 Å². The Kier molecular flexibility index (Phi) is 3.90. The number of carbonyl (C=O) groups excluding carboxylic acids is 1. The Bertz CT molecular complexity index is 779. The number of hydrogen-bond acceptors (Lipinski definition) is 3. The smallest absolute Gasteiger partial charge is 0.414 e. The number of benzene rings is 1. The molecule has 0 bridgehead atoms. The molecule has 23 heavy (non-hydrogen) atoms. The van der Waals surface area contributed by atoms with E-state index in [-0.39, 0.29) is 0 Å². The Morgan fingerprint density at radius 2 is 1.96 bits per heavy atom. The molecule has 0 radical (unpaired) electrons. The van der Waals surface area contributed by atoms with E-state index in [2.05, 4.69) is 20.9 Å². The number of pyridine rings is 1. The maximum atomic E-state index is 12.5. The molecule has 118 valence electrons. The van der Waals surface area contributed by atoms with Crippen LogP contribution in [0.1, 0.15) is 24.2 Å². The van der Waals surface area contributed by atoms with Gasteiger partial charge in [-0.2, -0.15) is 0 Å². The van der Waals surface area contributed by atoms with E-state index in [4.69, 9.17) is 11.6 Å². The van der Waals surface area contributed by atoms with Gasteiger partial charge in [-0.3, -0.25) is 9.78 Å². The van der Waals surface area contributed by atoms with E-state index < -0.39 is 23.5 Å². The zero-order chi connectivity index (χ0) is 16.8. The van der Waals surface area contributed by atoms with Crippen molar-refractivity contribution in [1.82, 2.24) is 9.88 Å². The van der Waals surface area contributed by atoms with E-state index in [1.807, 2.05) is 0 Å². The van der Waals surface area contributed by atoms with Gasteiger partial charge >= 0.3 is 6.09 Å². The molecule has 7 heteroatoms. The van der Waals surface area contributed by atoms with Crippen molar-refractivity contribution in [2.24, 2.45) is 0 Å². The minimum atomic E-state index is -1.28. The molecule has 1 aliphatic rings. The minimum absolute atomic E-state index is 0.470. The lowest BCUT2D eigenvalue weighted by atomic mass is 9.66. The zero-order valence-corrected chi connectivity index (χ0v) is 14.4. The van der Waals surface area contributed by atoms with Crippen LogP contribution in [-0.2, 0) is 10.2 Å². The van der Waals surface area contributed by atoms with Gasteiger partial charge in [0, 0.05) is 15.7 Å². The highest BCUT2D eigenvalue weighted by Gasteiger charge is 2.62. The van der Waals surface area contributed by atoms with Crippen molar-refractivity contribution < 1.29 is 14.7 Å². The van der Waals surface area contributed by atoms with Crippen LogP contribution in [0.2, 0.25) is 5.02 Å². The number of hydrogen-bond donors (Lipinski definition) is 1. The van der Waals surface area contributed by atoms with Crippen LogP contribution in [0.25, 0.3) is 0 Å². The topological polar surface area (TPSA) is 70.5 Å². The first-order chi connectivity index (χ1) is 10.9. The van der Waals surface area contributed by atoms with Crippen LogP contribution in [0.3, 0.4) is 0 Å². The van der Waals surface area contributed by atoms with Crippen LogP contribution in [-0.4, -0.2) is 27.0 Å². The van der Waals surface area contributed by atoms with Gasteiger partial charge in [-0.1, -0.05) is 23.7 Å². The molecule has 5 nitrogen and oxygen atoms in total. The molecule has 1 N–H and O–H groups in total. The van der Waals surface area contributed by atoms with Gasteiger partial charge in [-0.15, -0.1) is 0 Å². The summed E-state index contributed by atoms with van der Waals surface area (Å²) in [6.45, 7) is 1.73. The Hall–Kier alpha value is -1.92. The molecule has 2 heterocycles. The predicted octanol–water partition coefficient (Wildman–Crippen LogP) is 4.02. The second kappa shape index (κ2) is 5.62. The van der Waals surface area contributed by atoms with E-state index >= 15 is 0 Å². The zero-order valence-electron chi connectivity index (χ0n) is 12.0. The molecule has 1 aromatic carbocycles. The molecular formula is C16H12BrClN2O3. The first-order valence-corrected chi connectivity index (χ1v) is 7.97. The van der Waals surface area contributed by atoms with Gasteiger partial charge in [0.25, 0.3) is 0 Å². The average Bonchev–Trinajstić information content (AvgIpc) is 2.52. The van der Waals surface area contributed by atoms with E-state index in [1.165, 1.54) is 0 Å². The number of halogens is 2. The predicted molar refractivity (Wildman–Crippen MR) is 88.4 cm³/mol. The van der Waals surface area contributed by atoms with Crippen LogP contribution in [0, 0.1) is 0 Å². The molecular weight excluding hydrogens is 384 g/mol. The number of likely N-dealkylation sites (tertiary alicyclic amines) is 1. The lowest BCUT2D eigenvalue weighted by molar-refractivity contribution is -0.155. The van der Waals surface area contributed by atoms with E-state index in [9.17, 15) is 14.7 Å².